The number of nitrogens with one attached hydrogen (secondary N) is 2. The third kappa shape index (κ3) is 2.91. The number of hydrogen-bond donors (Lipinski definition) is 3. The molecular formula is C7H8BrCl2N3. The highest BCUT2D eigenvalue weighted by Crippen LogP contribution is 2.27. The number of nitrogens with two attached hydrogens (primary N) is 1. The molecule has 0 amide bonds. The summed E-state index contributed by atoms with van der Waals surface area (Å²) < 4.78 is 0.546. The Morgan fingerprint density at radius 2 is 1.69 bits per heavy atom. The Labute approximate surface area is 94.7 Å². The molecule has 3 nitrogen and oxygen atoms in total. The molecule has 6 heteroatoms. The van der Waals surface area contributed by atoms with Gasteiger partial charge < -0.3 is 5.73 Å². The van der Waals surface area contributed by atoms with E-state index in [1.807, 2.05) is 0 Å². The molecule has 0 atom stereocenters. The second-order valence-corrected chi connectivity index (χ2v) is 3.54. The van der Waals surface area contributed by atoms with E-state index < -0.39 is 0 Å². The minimum atomic E-state index is -0.0500. The van der Waals surface area contributed by atoms with E-state index in [9.17, 15) is 0 Å². The molecule has 0 aromatic carbocycles. The average molecular weight is 285 g/mol. The lowest BCUT2D eigenvalue weighted by molar-refractivity contribution is 1.47. The molecule has 0 aliphatic heterocycles. The van der Waals surface area contributed by atoms with Crippen LogP contribution in [0.4, 0.5) is 0 Å². The molecule has 1 aliphatic carbocycles. The van der Waals surface area contributed by atoms with E-state index in [0.717, 1.165) is 0 Å². The SMILES string of the molecule is CN.N=C1C(=N)C(Cl)=C(Br)C=C1Cl. The monoisotopic (exact) mass is 283 g/mol. The van der Waals surface area contributed by atoms with Gasteiger partial charge in [-0.15, -0.1) is 0 Å². The van der Waals surface area contributed by atoms with Crippen LogP contribution in [0.25, 0.3) is 0 Å². The molecule has 0 unspecified atom stereocenters. The van der Waals surface area contributed by atoms with Gasteiger partial charge in [-0.3, -0.25) is 10.8 Å². The number of halogens is 3. The van der Waals surface area contributed by atoms with Gasteiger partial charge in [0.15, 0.2) is 0 Å². The number of allylic oxidation sites excluding steroid dienone is 4. The van der Waals surface area contributed by atoms with Gasteiger partial charge in [0.2, 0.25) is 0 Å². The highest BCUT2D eigenvalue weighted by Gasteiger charge is 2.19. The minimum absolute atomic E-state index is 0.0418. The van der Waals surface area contributed by atoms with E-state index in [4.69, 9.17) is 34.0 Å². The van der Waals surface area contributed by atoms with Gasteiger partial charge >= 0.3 is 0 Å². The van der Waals surface area contributed by atoms with Crippen LogP contribution in [0, 0.1) is 10.8 Å². The average Bonchev–Trinajstić information content (AvgIpc) is 2.15. The van der Waals surface area contributed by atoms with E-state index in [1.165, 1.54) is 13.1 Å². The lowest BCUT2D eigenvalue weighted by atomic mass is 10.1. The van der Waals surface area contributed by atoms with Gasteiger partial charge in [0.1, 0.15) is 5.71 Å². The zero-order chi connectivity index (χ0) is 10.6. The first kappa shape index (κ1) is 12.8. The Hall–Kier alpha value is -0.160. The van der Waals surface area contributed by atoms with Gasteiger partial charge in [-0.25, -0.2) is 0 Å². The third-order valence-corrected chi connectivity index (χ3v) is 2.72. The summed E-state index contributed by atoms with van der Waals surface area (Å²) in [6.45, 7) is 0. The maximum Gasteiger partial charge on any atom is 0.100 e. The second-order valence-electron chi connectivity index (χ2n) is 1.90. The first-order valence-electron chi connectivity index (χ1n) is 3.22. The fourth-order valence-corrected chi connectivity index (χ4v) is 1.51. The van der Waals surface area contributed by atoms with Gasteiger partial charge in [0.25, 0.3) is 0 Å². The summed E-state index contributed by atoms with van der Waals surface area (Å²) in [4.78, 5) is 0. The summed E-state index contributed by atoms with van der Waals surface area (Å²) in [5.74, 6) is 0. The molecule has 0 saturated carbocycles. The standard InChI is InChI=1S/C6H3BrCl2N2.CH5N/c7-2-1-3(8)5(10)6(11)4(2)9;1-2/h1,10-11H;2H2,1H3. The van der Waals surface area contributed by atoms with Gasteiger partial charge in [-0.05, 0) is 29.1 Å². The van der Waals surface area contributed by atoms with Crippen molar-refractivity contribution < 1.29 is 0 Å². The maximum absolute atomic E-state index is 7.29. The molecule has 0 saturated heterocycles. The molecule has 0 radical (unpaired) electrons. The summed E-state index contributed by atoms with van der Waals surface area (Å²) >= 11 is 14.3. The lowest BCUT2D eigenvalue weighted by Gasteiger charge is -2.10. The smallest absolute Gasteiger partial charge is 0.100 e. The Morgan fingerprint density at radius 1 is 1.23 bits per heavy atom. The van der Waals surface area contributed by atoms with Crippen molar-refractivity contribution in [1.82, 2.24) is 0 Å². The molecule has 0 bridgehead atoms. The van der Waals surface area contributed by atoms with Crippen LogP contribution in [0.1, 0.15) is 0 Å². The quantitative estimate of drug-likeness (QED) is 0.588. The van der Waals surface area contributed by atoms with Gasteiger partial charge in [0.05, 0.1) is 15.8 Å². The third-order valence-electron chi connectivity index (χ3n) is 1.17. The topological polar surface area (TPSA) is 73.7 Å². The van der Waals surface area contributed by atoms with Crippen LogP contribution in [-0.4, -0.2) is 18.5 Å². The zero-order valence-corrected chi connectivity index (χ0v) is 9.89. The Bertz CT molecular complexity index is 303. The van der Waals surface area contributed by atoms with Crippen LogP contribution in [0.15, 0.2) is 20.6 Å². The van der Waals surface area contributed by atoms with E-state index in [2.05, 4.69) is 21.7 Å². The zero-order valence-electron chi connectivity index (χ0n) is 6.79. The van der Waals surface area contributed by atoms with Gasteiger partial charge in [0, 0.05) is 4.48 Å². The molecule has 0 aromatic rings. The van der Waals surface area contributed by atoms with Crippen LogP contribution in [0.3, 0.4) is 0 Å². The summed E-state index contributed by atoms with van der Waals surface area (Å²) in [5.41, 5.74) is 4.41. The maximum atomic E-state index is 7.29. The van der Waals surface area contributed by atoms with Crippen molar-refractivity contribution in [2.75, 3.05) is 7.05 Å². The van der Waals surface area contributed by atoms with Crippen molar-refractivity contribution in [3.8, 4) is 0 Å². The van der Waals surface area contributed by atoms with Crippen LogP contribution >= 0.6 is 39.1 Å². The lowest BCUT2D eigenvalue weighted by Crippen LogP contribution is -2.16. The summed E-state index contributed by atoms with van der Waals surface area (Å²) in [5, 5.41) is 15.0. The molecule has 0 heterocycles. The Morgan fingerprint density at radius 3 is 2.15 bits per heavy atom. The van der Waals surface area contributed by atoms with Gasteiger partial charge in [-0.2, -0.15) is 0 Å². The van der Waals surface area contributed by atoms with Gasteiger partial charge in [-0.1, -0.05) is 23.2 Å². The summed E-state index contributed by atoms with van der Waals surface area (Å²) in [7, 11) is 1.50. The second kappa shape index (κ2) is 5.54. The fourth-order valence-electron chi connectivity index (χ4n) is 0.595. The van der Waals surface area contributed by atoms with Crippen molar-refractivity contribution in [3.63, 3.8) is 0 Å². The Kier molecular flexibility index (Phi) is 5.48. The van der Waals surface area contributed by atoms with Crippen LogP contribution in [-0.2, 0) is 0 Å². The largest absolute Gasteiger partial charge is 0.333 e. The molecule has 0 aromatic heterocycles. The molecule has 0 fully saturated rings. The van der Waals surface area contributed by atoms with E-state index >= 15 is 0 Å². The Balaban J connectivity index is 0.000000671. The van der Waals surface area contributed by atoms with Crippen LogP contribution in [0.2, 0.25) is 0 Å². The molecule has 1 rings (SSSR count). The van der Waals surface area contributed by atoms with Crippen molar-refractivity contribution in [2.45, 2.75) is 0 Å². The highest BCUT2D eigenvalue weighted by atomic mass is 79.9. The molecule has 72 valence electrons. The molecule has 1 aliphatic rings. The minimum Gasteiger partial charge on any atom is -0.333 e. The first-order valence-corrected chi connectivity index (χ1v) is 4.77. The summed E-state index contributed by atoms with van der Waals surface area (Å²) in [6.07, 6.45) is 1.50. The van der Waals surface area contributed by atoms with Crippen LogP contribution in [0.5, 0.6) is 0 Å². The molecule has 0 spiro atoms. The van der Waals surface area contributed by atoms with Crippen molar-refractivity contribution in [3.05, 3.63) is 20.6 Å². The summed E-state index contributed by atoms with van der Waals surface area (Å²) in [6, 6.07) is 0. The van der Waals surface area contributed by atoms with E-state index in [1.54, 1.807) is 0 Å². The van der Waals surface area contributed by atoms with Crippen LogP contribution < -0.4 is 5.73 Å². The first-order chi connectivity index (χ1) is 6.04. The predicted octanol–water partition coefficient (Wildman–Crippen LogP) is 2.58. The predicted molar refractivity (Wildman–Crippen MR) is 61.3 cm³/mol. The van der Waals surface area contributed by atoms with Crippen molar-refractivity contribution in [2.24, 2.45) is 5.73 Å². The molecule has 13 heavy (non-hydrogen) atoms. The molecular weight excluding hydrogens is 277 g/mol. The molecule has 4 N–H and O–H groups in total. The fraction of sp³-hybridized carbons (Fsp3) is 0.143. The van der Waals surface area contributed by atoms with E-state index in [-0.39, 0.29) is 21.5 Å². The normalized spacial score (nSPS) is 16.5. The number of hydrogen-bond acceptors (Lipinski definition) is 3. The number of rotatable bonds is 0. The van der Waals surface area contributed by atoms with Crippen molar-refractivity contribution in [1.29, 1.82) is 10.8 Å². The van der Waals surface area contributed by atoms with Crippen molar-refractivity contribution >= 4 is 50.6 Å². The highest BCUT2D eigenvalue weighted by molar-refractivity contribution is 9.12. The van der Waals surface area contributed by atoms with E-state index in [0.29, 0.717) is 4.48 Å².